The number of hydrogen-bond acceptors (Lipinski definition) is 5. The van der Waals surface area contributed by atoms with E-state index in [4.69, 9.17) is 4.98 Å². The second-order valence-electron chi connectivity index (χ2n) is 8.75. The molecule has 0 unspecified atom stereocenters. The Balaban J connectivity index is 1.51. The lowest BCUT2D eigenvalue weighted by atomic mass is 10.2. The number of rotatable bonds is 5. The molecule has 0 radical (unpaired) electrons. The highest BCUT2D eigenvalue weighted by molar-refractivity contribution is 5.75. The highest BCUT2D eigenvalue weighted by atomic mass is 19.1. The average molecular weight is 463 g/mol. The Morgan fingerprint density at radius 1 is 0.824 bits per heavy atom. The Hall–Kier alpha value is -3.72. The zero-order valence-electron chi connectivity index (χ0n) is 19.3. The van der Waals surface area contributed by atoms with Crippen LogP contribution in [0.25, 0.3) is 11.2 Å². The Labute approximate surface area is 196 Å². The summed E-state index contributed by atoms with van der Waals surface area (Å²) in [6, 6.07) is 16.6. The Morgan fingerprint density at radius 3 is 2.15 bits per heavy atom. The Morgan fingerprint density at radius 2 is 1.47 bits per heavy atom. The minimum absolute atomic E-state index is 0.313. The fourth-order valence-corrected chi connectivity index (χ4v) is 4.55. The van der Waals surface area contributed by atoms with Crippen molar-refractivity contribution in [2.75, 3.05) is 31.1 Å². The second-order valence-corrected chi connectivity index (χ2v) is 8.75. The van der Waals surface area contributed by atoms with Crippen LogP contribution in [-0.4, -0.2) is 49.8 Å². The van der Waals surface area contributed by atoms with E-state index in [1.807, 2.05) is 22.8 Å². The number of nitrogens with zero attached hydrogens (tertiary/aromatic N) is 6. The largest absolute Gasteiger partial charge is 0.340 e. The van der Waals surface area contributed by atoms with Gasteiger partial charge in [0.15, 0.2) is 11.2 Å². The second kappa shape index (κ2) is 8.90. The molecule has 0 atom stereocenters. The van der Waals surface area contributed by atoms with Crippen LogP contribution in [0.1, 0.15) is 11.1 Å². The number of imidazole rings is 1. The van der Waals surface area contributed by atoms with Gasteiger partial charge in [-0.2, -0.15) is 4.98 Å². The average Bonchev–Trinajstić information content (AvgIpc) is 3.23. The molecule has 0 bridgehead atoms. The van der Waals surface area contributed by atoms with E-state index in [0.29, 0.717) is 23.7 Å². The highest BCUT2D eigenvalue weighted by Crippen LogP contribution is 2.23. The van der Waals surface area contributed by atoms with E-state index in [0.717, 1.165) is 42.9 Å². The summed E-state index contributed by atoms with van der Waals surface area (Å²) in [4.78, 5) is 35.0. The van der Waals surface area contributed by atoms with E-state index in [1.54, 1.807) is 19.2 Å². The van der Waals surface area contributed by atoms with Gasteiger partial charge in [0.25, 0.3) is 5.56 Å². The van der Waals surface area contributed by atoms with Gasteiger partial charge in [0.1, 0.15) is 5.82 Å². The van der Waals surface area contributed by atoms with Crippen molar-refractivity contribution >= 4 is 17.1 Å². The summed E-state index contributed by atoms with van der Waals surface area (Å²) in [5.74, 6) is 0.337. The summed E-state index contributed by atoms with van der Waals surface area (Å²) in [7, 11) is 3.10. The normalized spacial score (nSPS) is 14.7. The van der Waals surface area contributed by atoms with Crippen LogP contribution in [0.4, 0.5) is 10.3 Å². The molecule has 2 aromatic heterocycles. The van der Waals surface area contributed by atoms with Crippen LogP contribution in [-0.2, 0) is 27.2 Å². The number of fused-ring (bicyclic) bond motifs is 1. The van der Waals surface area contributed by atoms with E-state index in [1.165, 1.54) is 29.3 Å². The first-order valence-corrected chi connectivity index (χ1v) is 11.3. The molecule has 1 saturated heterocycles. The third kappa shape index (κ3) is 4.03. The first-order chi connectivity index (χ1) is 16.4. The van der Waals surface area contributed by atoms with Crippen LogP contribution in [0.5, 0.6) is 0 Å². The van der Waals surface area contributed by atoms with Crippen molar-refractivity contribution < 1.29 is 4.39 Å². The van der Waals surface area contributed by atoms with Gasteiger partial charge in [0.2, 0.25) is 5.95 Å². The van der Waals surface area contributed by atoms with Gasteiger partial charge in [-0.05, 0) is 23.3 Å². The number of halogens is 1. The predicted molar refractivity (Wildman–Crippen MR) is 130 cm³/mol. The number of benzene rings is 2. The van der Waals surface area contributed by atoms with Crippen LogP contribution in [0.15, 0.2) is 64.2 Å². The van der Waals surface area contributed by atoms with Gasteiger partial charge in [-0.15, -0.1) is 0 Å². The minimum atomic E-state index is -0.414. The van der Waals surface area contributed by atoms with Gasteiger partial charge in [-0.3, -0.25) is 23.4 Å². The number of anilines is 1. The third-order valence-electron chi connectivity index (χ3n) is 6.49. The number of hydrogen-bond donors (Lipinski definition) is 0. The van der Waals surface area contributed by atoms with Gasteiger partial charge in [-0.1, -0.05) is 42.5 Å². The summed E-state index contributed by atoms with van der Waals surface area (Å²) in [6.45, 7) is 4.43. The lowest BCUT2D eigenvalue weighted by Gasteiger charge is -2.35. The van der Waals surface area contributed by atoms with Crippen LogP contribution in [0.2, 0.25) is 0 Å². The molecule has 176 valence electrons. The molecule has 34 heavy (non-hydrogen) atoms. The lowest BCUT2D eigenvalue weighted by molar-refractivity contribution is 0.248. The predicted octanol–water partition coefficient (Wildman–Crippen LogP) is 1.94. The number of piperazine rings is 1. The van der Waals surface area contributed by atoms with Crippen molar-refractivity contribution in [2.45, 2.75) is 13.1 Å². The molecule has 4 aromatic rings. The molecule has 2 aromatic carbocycles. The lowest BCUT2D eigenvalue weighted by Crippen LogP contribution is -2.47. The van der Waals surface area contributed by atoms with E-state index in [9.17, 15) is 14.0 Å². The third-order valence-corrected chi connectivity index (χ3v) is 6.49. The van der Waals surface area contributed by atoms with Crippen molar-refractivity contribution in [3.8, 4) is 0 Å². The first-order valence-electron chi connectivity index (χ1n) is 11.3. The summed E-state index contributed by atoms with van der Waals surface area (Å²) in [6.07, 6.45) is 0. The highest BCUT2D eigenvalue weighted by Gasteiger charge is 2.25. The fourth-order valence-electron chi connectivity index (χ4n) is 4.55. The molecular weight excluding hydrogens is 435 g/mol. The quantitative estimate of drug-likeness (QED) is 0.454. The standard InChI is InChI=1S/C25H27FN6O2/c1-28-22-21(23(33)29(2)25(28)34)32(17-19-8-10-20(26)11-9-19)24(27-22)31-14-12-30(13-15-31)16-18-6-4-3-5-7-18/h3-11H,12-17H2,1-2H3. The van der Waals surface area contributed by atoms with Gasteiger partial charge < -0.3 is 4.90 Å². The maximum Gasteiger partial charge on any atom is 0.332 e. The van der Waals surface area contributed by atoms with Crippen LogP contribution >= 0.6 is 0 Å². The molecule has 0 spiro atoms. The van der Waals surface area contributed by atoms with Gasteiger partial charge >= 0.3 is 5.69 Å². The van der Waals surface area contributed by atoms with Crippen LogP contribution in [0.3, 0.4) is 0 Å². The smallest absolute Gasteiger partial charge is 0.332 e. The first kappa shape index (κ1) is 22.1. The molecule has 1 aliphatic rings. The Kier molecular flexibility index (Phi) is 5.79. The van der Waals surface area contributed by atoms with Gasteiger partial charge in [-0.25, -0.2) is 9.18 Å². The molecule has 0 aliphatic carbocycles. The van der Waals surface area contributed by atoms with Crippen molar-refractivity contribution in [3.63, 3.8) is 0 Å². The number of aryl methyl sites for hydroxylation is 1. The van der Waals surface area contributed by atoms with Crippen molar-refractivity contribution in [2.24, 2.45) is 14.1 Å². The molecule has 1 aliphatic heterocycles. The van der Waals surface area contributed by atoms with Crippen molar-refractivity contribution in [1.82, 2.24) is 23.6 Å². The number of aromatic nitrogens is 4. The van der Waals surface area contributed by atoms with E-state index in [-0.39, 0.29) is 11.4 Å². The maximum atomic E-state index is 13.5. The SMILES string of the molecule is Cn1c(=O)c2c(nc(N3CCN(Cc4ccccc4)CC3)n2Cc2ccc(F)cc2)n(C)c1=O. The monoisotopic (exact) mass is 462 g/mol. The van der Waals surface area contributed by atoms with E-state index >= 15 is 0 Å². The van der Waals surface area contributed by atoms with E-state index < -0.39 is 5.69 Å². The molecule has 0 amide bonds. The zero-order valence-corrected chi connectivity index (χ0v) is 19.3. The van der Waals surface area contributed by atoms with Crippen LogP contribution in [0, 0.1) is 5.82 Å². The minimum Gasteiger partial charge on any atom is -0.340 e. The van der Waals surface area contributed by atoms with E-state index in [2.05, 4.69) is 21.9 Å². The molecular formula is C25H27FN6O2. The Bertz CT molecular complexity index is 1430. The van der Waals surface area contributed by atoms with Crippen LogP contribution < -0.4 is 16.1 Å². The van der Waals surface area contributed by atoms with Gasteiger partial charge in [0, 0.05) is 46.8 Å². The molecule has 3 heterocycles. The molecule has 0 saturated carbocycles. The van der Waals surface area contributed by atoms with Crippen molar-refractivity contribution in [1.29, 1.82) is 0 Å². The topological polar surface area (TPSA) is 68.3 Å². The fraction of sp³-hybridized carbons (Fsp3) is 0.320. The molecule has 9 heteroatoms. The molecule has 8 nitrogen and oxygen atoms in total. The summed E-state index contributed by atoms with van der Waals surface area (Å²) in [5, 5.41) is 0. The molecule has 1 fully saturated rings. The van der Waals surface area contributed by atoms with Gasteiger partial charge in [0.05, 0.1) is 6.54 Å². The zero-order chi connectivity index (χ0) is 23.8. The summed E-state index contributed by atoms with van der Waals surface area (Å²) < 4.78 is 17.8. The van der Waals surface area contributed by atoms with Crippen molar-refractivity contribution in [3.05, 3.63) is 92.4 Å². The molecule has 5 rings (SSSR count). The summed E-state index contributed by atoms with van der Waals surface area (Å²) >= 11 is 0. The maximum absolute atomic E-state index is 13.5. The molecule has 0 N–H and O–H groups in total. The summed E-state index contributed by atoms with van der Waals surface area (Å²) in [5.41, 5.74) is 2.05.